The summed E-state index contributed by atoms with van der Waals surface area (Å²) in [6, 6.07) is 12.5. The highest BCUT2D eigenvalue weighted by Crippen LogP contribution is 2.47. The number of amides is 1. The molecule has 33 heavy (non-hydrogen) atoms. The van der Waals surface area contributed by atoms with Crippen molar-refractivity contribution in [1.29, 1.82) is 0 Å². The van der Waals surface area contributed by atoms with Crippen LogP contribution in [0.2, 0.25) is 0 Å². The maximum absolute atomic E-state index is 12.7. The van der Waals surface area contributed by atoms with E-state index in [2.05, 4.69) is 5.32 Å². The van der Waals surface area contributed by atoms with E-state index in [0.717, 1.165) is 11.1 Å². The molecule has 2 aliphatic rings. The number of carboxylic acid groups (broad SMARTS) is 1. The molecule has 0 saturated carbocycles. The fourth-order valence-corrected chi connectivity index (χ4v) is 4.63. The summed E-state index contributed by atoms with van der Waals surface area (Å²) in [6.45, 7) is 5.35. The molecule has 2 aromatic rings. The molecule has 4 rings (SSSR count). The molecule has 1 saturated heterocycles. The molecule has 0 aromatic heterocycles. The van der Waals surface area contributed by atoms with Crippen LogP contribution >= 0.6 is 0 Å². The Labute approximate surface area is 193 Å². The molecule has 8 nitrogen and oxygen atoms in total. The van der Waals surface area contributed by atoms with Crippen molar-refractivity contribution >= 4 is 11.9 Å². The van der Waals surface area contributed by atoms with Gasteiger partial charge in [-0.2, -0.15) is 0 Å². The minimum absolute atomic E-state index is 0.113. The predicted octanol–water partition coefficient (Wildman–Crippen LogP) is 3.04. The van der Waals surface area contributed by atoms with Crippen LogP contribution in [0.15, 0.2) is 42.5 Å². The number of hydrogen-bond acceptors (Lipinski definition) is 6. The van der Waals surface area contributed by atoms with Crippen LogP contribution in [0.5, 0.6) is 17.2 Å². The third-order valence-electron chi connectivity index (χ3n) is 6.22. The van der Waals surface area contributed by atoms with Gasteiger partial charge in [-0.3, -0.25) is 14.5 Å². The van der Waals surface area contributed by atoms with E-state index in [4.69, 9.17) is 14.2 Å². The average molecular weight is 455 g/mol. The number of carboxylic acids is 1. The minimum Gasteiger partial charge on any atom is -0.497 e. The average Bonchev–Trinajstić information content (AvgIpc) is 3.42. The molecule has 2 N–H and O–H groups in total. The van der Waals surface area contributed by atoms with Crippen molar-refractivity contribution in [3.05, 3.63) is 53.6 Å². The summed E-state index contributed by atoms with van der Waals surface area (Å²) in [6.07, 6.45) is 0. The largest absolute Gasteiger partial charge is 0.497 e. The van der Waals surface area contributed by atoms with Crippen LogP contribution in [0, 0.1) is 11.8 Å². The fraction of sp³-hybridized carbons (Fsp3) is 0.440. The van der Waals surface area contributed by atoms with E-state index in [1.165, 1.54) is 0 Å². The molecule has 3 unspecified atom stereocenters. The van der Waals surface area contributed by atoms with Crippen LogP contribution < -0.4 is 19.5 Å². The molecule has 2 aromatic carbocycles. The number of likely N-dealkylation sites (tertiary alicyclic amines) is 1. The molecular weight excluding hydrogens is 424 g/mol. The third-order valence-corrected chi connectivity index (χ3v) is 6.22. The highest BCUT2D eigenvalue weighted by Gasteiger charge is 2.48. The molecule has 176 valence electrons. The predicted molar refractivity (Wildman–Crippen MR) is 122 cm³/mol. The van der Waals surface area contributed by atoms with Crippen LogP contribution in [0.3, 0.4) is 0 Å². The highest BCUT2D eigenvalue weighted by atomic mass is 16.7. The lowest BCUT2D eigenvalue weighted by atomic mass is 9.82. The molecule has 0 bridgehead atoms. The summed E-state index contributed by atoms with van der Waals surface area (Å²) < 4.78 is 16.2. The molecule has 1 fully saturated rings. The van der Waals surface area contributed by atoms with E-state index in [-0.39, 0.29) is 25.2 Å². The SMILES string of the molecule is COc1ccc(C2C(C(=O)O)C(c3ccc4c(c3)OCO4)CN2CC(=O)NCC(C)C)cc1. The maximum atomic E-state index is 12.7. The minimum atomic E-state index is -0.899. The number of benzene rings is 2. The first-order valence-electron chi connectivity index (χ1n) is 11.1. The van der Waals surface area contributed by atoms with Gasteiger partial charge in [-0.1, -0.05) is 32.0 Å². The third kappa shape index (κ3) is 4.90. The smallest absolute Gasteiger partial charge is 0.309 e. The van der Waals surface area contributed by atoms with Gasteiger partial charge in [-0.15, -0.1) is 0 Å². The topological polar surface area (TPSA) is 97.3 Å². The number of nitrogens with zero attached hydrogens (tertiary/aromatic N) is 1. The van der Waals surface area contributed by atoms with Gasteiger partial charge in [0, 0.05) is 25.0 Å². The molecule has 2 heterocycles. The number of methoxy groups -OCH3 is 1. The number of ether oxygens (including phenoxy) is 3. The van der Waals surface area contributed by atoms with E-state index in [9.17, 15) is 14.7 Å². The Morgan fingerprint density at radius 1 is 1.12 bits per heavy atom. The van der Waals surface area contributed by atoms with Gasteiger partial charge in [-0.05, 0) is 41.3 Å². The Morgan fingerprint density at radius 2 is 1.82 bits per heavy atom. The van der Waals surface area contributed by atoms with Gasteiger partial charge >= 0.3 is 5.97 Å². The van der Waals surface area contributed by atoms with E-state index >= 15 is 0 Å². The number of carbonyl (C=O) groups is 2. The second-order valence-corrected chi connectivity index (χ2v) is 8.93. The first-order valence-corrected chi connectivity index (χ1v) is 11.1. The number of hydrogen-bond donors (Lipinski definition) is 2. The lowest BCUT2D eigenvalue weighted by Crippen LogP contribution is -2.39. The summed E-state index contributed by atoms with van der Waals surface area (Å²) in [5.41, 5.74) is 1.69. The standard InChI is InChI=1S/C25H30N2O6/c1-15(2)11-26-22(28)13-27-12-19(17-6-9-20-21(10-17)33-14-32-20)23(25(29)30)24(27)16-4-7-18(31-3)8-5-16/h4-10,15,19,23-24H,11-14H2,1-3H3,(H,26,28)(H,29,30). The van der Waals surface area contributed by atoms with Crippen molar-refractivity contribution in [1.82, 2.24) is 10.2 Å². The lowest BCUT2D eigenvalue weighted by molar-refractivity contribution is -0.143. The lowest BCUT2D eigenvalue weighted by Gasteiger charge is -2.27. The summed E-state index contributed by atoms with van der Waals surface area (Å²) in [5.74, 6) is 0.223. The maximum Gasteiger partial charge on any atom is 0.309 e. The molecule has 0 aliphatic carbocycles. The summed E-state index contributed by atoms with van der Waals surface area (Å²) in [5, 5.41) is 13.2. The van der Waals surface area contributed by atoms with Crippen molar-refractivity contribution in [2.75, 3.05) is 33.5 Å². The molecular formula is C25H30N2O6. The van der Waals surface area contributed by atoms with Crippen molar-refractivity contribution in [3.8, 4) is 17.2 Å². The first kappa shape index (κ1) is 22.9. The Bertz CT molecular complexity index is 1010. The van der Waals surface area contributed by atoms with E-state index < -0.39 is 17.9 Å². The number of nitrogens with one attached hydrogen (secondary N) is 1. The van der Waals surface area contributed by atoms with Gasteiger partial charge in [0.2, 0.25) is 12.7 Å². The highest BCUT2D eigenvalue weighted by molar-refractivity contribution is 5.79. The zero-order chi connectivity index (χ0) is 23.5. The Balaban J connectivity index is 1.68. The number of fused-ring (bicyclic) bond motifs is 1. The molecule has 8 heteroatoms. The van der Waals surface area contributed by atoms with Crippen LogP contribution in [0.25, 0.3) is 0 Å². The second-order valence-electron chi connectivity index (χ2n) is 8.93. The van der Waals surface area contributed by atoms with Gasteiger partial charge in [0.1, 0.15) is 5.75 Å². The summed E-state index contributed by atoms with van der Waals surface area (Å²) >= 11 is 0. The van der Waals surface area contributed by atoms with Crippen molar-refractivity contribution in [2.45, 2.75) is 25.8 Å². The normalized spacial score (nSPS) is 21.9. The van der Waals surface area contributed by atoms with Crippen LogP contribution in [0.4, 0.5) is 0 Å². The van der Waals surface area contributed by atoms with E-state index in [1.807, 2.05) is 61.2 Å². The quantitative estimate of drug-likeness (QED) is 0.633. The van der Waals surface area contributed by atoms with Crippen molar-refractivity contribution < 1.29 is 28.9 Å². The number of aliphatic carboxylic acids is 1. The molecule has 0 spiro atoms. The van der Waals surface area contributed by atoms with E-state index in [1.54, 1.807) is 7.11 Å². The summed E-state index contributed by atoms with van der Waals surface area (Å²) in [7, 11) is 1.59. The zero-order valence-electron chi connectivity index (χ0n) is 19.1. The molecule has 1 amide bonds. The fourth-order valence-electron chi connectivity index (χ4n) is 4.63. The zero-order valence-corrected chi connectivity index (χ0v) is 19.1. The van der Waals surface area contributed by atoms with Gasteiger partial charge in [-0.25, -0.2) is 0 Å². The molecule has 0 radical (unpaired) electrons. The van der Waals surface area contributed by atoms with Crippen molar-refractivity contribution in [3.63, 3.8) is 0 Å². The molecule has 2 aliphatic heterocycles. The number of carbonyl (C=O) groups excluding carboxylic acids is 1. The van der Waals surface area contributed by atoms with Gasteiger partial charge in [0.15, 0.2) is 11.5 Å². The first-order chi connectivity index (χ1) is 15.9. The Hall–Kier alpha value is -3.26. The van der Waals surface area contributed by atoms with Crippen LogP contribution in [-0.4, -0.2) is 55.4 Å². The van der Waals surface area contributed by atoms with Crippen LogP contribution in [-0.2, 0) is 9.59 Å². The van der Waals surface area contributed by atoms with Crippen LogP contribution in [0.1, 0.15) is 36.9 Å². The van der Waals surface area contributed by atoms with Crippen molar-refractivity contribution in [2.24, 2.45) is 11.8 Å². The van der Waals surface area contributed by atoms with Gasteiger partial charge in [0.25, 0.3) is 0 Å². The summed E-state index contributed by atoms with van der Waals surface area (Å²) in [4.78, 5) is 27.2. The molecule has 3 atom stereocenters. The monoisotopic (exact) mass is 454 g/mol. The van der Waals surface area contributed by atoms with Gasteiger partial charge in [0.05, 0.1) is 19.6 Å². The Morgan fingerprint density at radius 3 is 2.48 bits per heavy atom. The number of rotatable bonds is 8. The van der Waals surface area contributed by atoms with E-state index in [0.29, 0.717) is 36.3 Å². The Kier molecular flexibility index (Phi) is 6.74. The second kappa shape index (κ2) is 9.70. The van der Waals surface area contributed by atoms with Gasteiger partial charge < -0.3 is 24.6 Å².